The summed E-state index contributed by atoms with van der Waals surface area (Å²) in [7, 11) is 0. The lowest BCUT2D eigenvalue weighted by Gasteiger charge is -2.19. The number of hydrogen-bond donors (Lipinski definition) is 0. The van der Waals surface area contributed by atoms with E-state index in [1.807, 2.05) is 0 Å². The predicted octanol–water partition coefficient (Wildman–Crippen LogP) is 12.0. The van der Waals surface area contributed by atoms with Crippen molar-refractivity contribution >= 4 is 54.3 Å². The van der Waals surface area contributed by atoms with Gasteiger partial charge in [0.2, 0.25) is 0 Å². The molecule has 43 heavy (non-hydrogen) atoms. The van der Waals surface area contributed by atoms with E-state index in [0.717, 1.165) is 0 Å². The minimum atomic E-state index is -0.618. The Hall–Kier alpha value is -5.66. The predicted molar refractivity (Wildman–Crippen MR) is 183 cm³/mol. The minimum Gasteiger partial charge on any atom is -0.456 e. The van der Waals surface area contributed by atoms with Crippen molar-refractivity contribution in [2.24, 2.45) is 0 Å². The molecule has 200 valence electrons. The van der Waals surface area contributed by atoms with Gasteiger partial charge in [0.25, 0.3) is 0 Å². The lowest BCUT2D eigenvalue weighted by molar-refractivity contribution is 0.669. The second kappa shape index (κ2) is 9.44. The molecule has 0 aliphatic carbocycles. The molecule has 0 bridgehead atoms. The first kappa shape index (κ1) is 12.3. The van der Waals surface area contributed by atoms with Crippen molar-refractivity contribution in [3.05, 3.63) is 157 Å². The fourth-order valence-corrected chi connectivity index (χ4v) is 5.78. The molecule has 1 heteroatoms. The van der Waals surface area contributed by atoms with Crippen LogP contribution in [-0.2, 0) is 0 Å². The van der Waals surface area contributed by atoms with Gasteiger partial charge in [0.1, 0.15) is 11.2 Å². The van der Waals surface area contributed by atoms with E-state index in [2.05, 4.69) is 0 Å². The minimum absolute atomic E-state index is 0.0126. The van der Waals surface area contributed by atoms with E-state index < -0.39 is 66.5 Å². The fraction of sp³-hybridized carbons (Fsp3) is 0. The highest BCUT2D eigenvalue weighted by Gasteiger charge is 2.19. The van der Waals surface area contributed by atoms with Crippen molar-refractivity contribution in [1.29, 1.82) is 0 Å². The number of furan rings is 1. The second-order valence-electron chi connectivity index (χ2n) is 9.92. The van der Waals surface area contributed by atoms with Crippen LogP contribution in [0.15, 0.2) is 162 Å². The van der Waals surface area contributed by atoms with Crippen LogP contribution in [0.25, 0.3) is 87.6 Å². The van der Waals surface area contributed by atoms with E-state index in [0.29, 0.717) is 0 Å². The van der Waals surface area contributed by atoms with Crippen molar-refractivity contribution in [2.45, 2.75) is 0 Å². The number of para-hydroxylation sites is 1. The summed E-state index contributed by atoms with van der Waals surface area (Å²) < 4.78 is 163. The zero-order valence-electron chi connectivity index (χ0n) is 40.0. The first-order valence-electron chi connectivity index (χ1n) is 22.3. The zero-order chi connectivity index (χ0) is 44.0. The standard InChI is InChI=1S/C42H26O/c1-2-12-27(13-3-1)30-24-28-14-4-5-15-31(28)38(26-30)42-35-19-8-6-17-33(35)41(34-18-7-9-20-36(34)42)29-22-23-40-37(25-29)32-16-10-11-21-39(32)43-40/h1-26H/i1D,2D,3D,4D,5D,6D,7D,8D,9D,10D,11D,14D,15D,16D,21D,22D,23D,25D. The molecule has 0 aliphatic rings. The van der Waals surface area contributed by atoms with Crippen molar-refractivity contribution in [1.82, 2.24) is 0 Å². The van der Waals surface area contributed by atoms with Gasteiger partial charge in [0, 0.05) is 10.8 Å². The van der Waals surface area contributed by atoms with Crippen LogP contribution in [0.2, 0.25) is 0 Å². The van der Waals surface area contributed by atoms with Crippen LogP contribution >= 0.6 is 0 Å². The van der Waals surface area contributed by atoms with Gasteiger partial charge >= 0.3 is 0 Å². The summed E-state index contributed by atoms with van der Waals surface area (Å²) in [6.45, 7) is 0. The highest BCUT2D eigenvalue weighted by Crippen LogP contribution is 2.47. The average molecular weight is 565 g/mol. The Morgan fingerprint density at radius 3 is 1.74 bits per heavy atom. The molecular weight excluding hydrogens is 520 g/mol. The smallest absolute Gasteiger partial charge is 0.135 e. The first-order valence-corrected chi connectivity index (χ1v) is 13.3. The summed E-state index contributed by atoms with van der Waals surface area (Å²) in [6, 6.07) is 3.02. The monoisotopic (exact) mass is 564 g/mol. The van der Waals surface area contributed by atoms with Gasteiger partial charge in [-0.25, -0.2) is 0 Å². The molecule has 0 saturated heterocycles. The van der Waals surface area contributed by atoms with Crippen LogP contribution in [0, 0.1) is 0 Å². The van der Waals surface area contributed by atoms with E-state index in [4.69, 9.17) is 26.3 Å². The van der Waals surface area contributed by atoms with E-state index in [9.17, 15) is 2.74 Å². The Bertz CT molecular complexity index is 3430. The molecule has 9 rings (SSSR count). The lowest BCUT2D eigenvalue weighted by atomic mass is 9.83. The average Bonchev–Trinajstić information content (AvgIpc) is 3.64. The molecule has 0 fully saturated rings. The molecule has 0 N–H and O–H groups in total. The fourth-order valence-electron chi connectivity index (χ4n) is 5.78. The summed E-state index contributed by atoms with van der Waals surface area (Å²) in [5, 5.41) is 0.180. The Labute approximate surface area is 274 Å². The molecule has 0 aliphatic heterocycles. The van der Waals surface area contributed by atoms with Crippen LogP contribution in [-0.4, -0.2) is 0 Å². The Balaban J connectivity index is 1.54. The maximum atomic E-state index is 9.63. The van der Waals surface area contributed by atoms with Gasteiger partial charge in [0.15, 0.2) is 0 Å². The SMILES string of the molecule is [2H]c1cc2c(-c3c([2H])c([2H])c4oc5c([2H])c([2H])c([2H])c([2H])c5c4c3[2H])c3cc([2H])c([2H])cc3c(-c3cc(-c4cc([2H])c([2H])c([2H])c4)cc4c([2H])c([2H])c([2H])c([2H])c34)c2cc1[2H]. The summed E-state index contributed by atoms with van der Waals surface area (Å²) in [6.07, 6.45) is 0. The molecule has 1 heterocycles. The number of rotatable bonds is 3. The highest BCUT2D eigenvalue weighted by atomic mass is 16.3. The molecule has 0 spiro atoms. The molecule has 9 aromatic rings. The number of hydrogen-bond acceptors (Lipinski definition) is 1. The van der Waals surface area contributed by atoms with Crippen molar-refractivity contribution < 1.29 is 29.1 Å². The van der Waals surface area contributed by atoms with E-state index in [1.165, 1.54) is 42.5 Å². The second-order valence-corrected chi connectivity index (χ2v) is 9.92. The normalized spacial score (nSPS) is 17.6. The third-order valence-electron chi connectivity index (χ3n) is 7.61. The van der Waals surface area contributed by atoms with Crippen LogP contribution < -0.4 is 0 Å². The Morgan fingerprint density at radius 1 is 0.395 bits per heavy atom. The lowest BCUT2D eigenvalue weighted by Crippen LogP contribution is -1.92. The first-order chi connectivity index (χ1) is 28.7. The molecule has 0 unspecified atom stereocenters. The Kier molecular flexibility index (Phi) is 2.70. The van der Waals surface area contributed by atoms with Crippen molar-refractivity contribution in [3.63, 3.8) is 0 Å². The summed E-state index contributed by atoms with van der Waals surface area (Å²) in [4.78, 5) is 0. The van der Waals surface area contributed by atoms with Crippen molar-refractivity contribution in [2.75, 3.05) is 0 Å². The highest BCUT2D eigenvalue weighted by molar-refractivity contribution is 6.24. The van der Waals surface area contributed by atoms with Gasteiger partial charge in [0.05, 0.1) is 24.7 Å². The van der Waals surface area contributed by atoms with Gasteiger partial charge < -0.3 is 4.42 Å². The van der Waals surface area contributed by atoms with Gasteiger partial charge in [-0.1, -0.05) is 127 Å². The van der Waals surface area contributed by atoms with Crippen LogP contribution in [0.1, 0.15) is 24.7 Å². The summed E-state index contributed by atoms with van der Waals surface area (Å²) >= 11 is 0. The maximum absolute atomic E-state index is 9.63. The van der Waals surface area contributed by atoms with E-state index >= 15 is 0 Å². The molecule has 1 nitrogen and oxygen atoms in total. The van der Waals surface area contributed by atoms with Crippen LogP contribution in [0.5, 0.6) is 0 Å². The summed E-state index contributed by atoms with van der Waals surface area (Å²) in [5.41, 5.74) is -0.0215. The molecule has 8 aromatic carbocycles. The molecule has 1 aromatic heterocycles. The third kappa shape index (κ3) is 3.72. The number of benzene rings is 8. The molecule has 0 amide bonds. The number of fused-ring (bicyclic) bond motifs is 6. The van der Waals surface area contributed by atoms with Gasteiger partial charge in [-0.3, -0.25) is 0 Å². The Morgan fingerprint density at radius 2 is 1.00 bits per heavy atom. The molecular formula is C42H26O. The van der Waals surface area contributed by atoms with Gasteiger partial charge in [-0.05, 0) is 96.0 Å². The molecule has 0 atom stereocenters. The topological polar surface area (TPSA) is 13.1 Å². The molecule has 0 saturated carbocycles. The van der Waals surface area contributed by atoms with Gasteiger partial charge in [-0.15, -0.1) is 0 Å². The quantitative estimate of drug-likeness (QED) is 0.195. The molecule has 0 radical (unpaired) electrons. The largest absolute Gasteiger partial charge is 0.456 e. The van der Waals surface area contributed by atoms with Gasteiger partial charge in [-0.2, -0.15) is 0 Å². The van der Waals surface area contributed by atoms with Crippen molar-refractivity contribution in [3.8, 4) is 33.4 Å². The summed E-state index contributed by atoms with van der Waals surface area (Å²) in [5.74, 6) is 0. The van der Waals surface area contributed by atoms with Crippen LogP contribution in [0.4, 0.5) is 0 Å². The third-order valence-corrected chi connectivity index (χ3v) is 7.61. The van der Waals surface area contributed by atoms with Crippen LogP contribution in [0.3, 0.4) is 0 Å². The maximum Gasteiger partial charge on any atom is 0.135 e. The van der Waals surface area contributed by atoms with E-state index in [1.54, 1.807) is 6.07 Å². The van der Waals surface area contributed by atoms with E-state index in [-0.39, 0.29) is 130 Å². The zero-order valence-corrected chi connectivity index (χ0v) is 22.0.